The van der Waals surface area contributed by atoms with Crippen molar-refractivity contribution in [2.24, 2.45) is 0 Å². The van der Waals surface area contributed by atoms with Gasteiger partial charge in [-0.05, 0) is 27.6 Å². The van der Waals surface area contributed by atoms with E-state index >= 15 is 0 Å². The fraction of sp³-hybridized carbons (Fsp3) is 1.00. The number of methoxy groups -OCH3 is 1. The lowest BCUT2D eigenvalue weighted by molar-refractivity contribution is 0.215. The topological polar surface area (TPSA) is 12.5 Å². The summed E-state index contributed by atoms with van der Waals surface area (Å²) in [4.78, 5) is 2.12. The van der Waals surface area contributed by atoms with Crippen molar-refractivity contribution in [3.05, 3.63) is 0 Å². The molecular formula is C9H25NO. The first-order valence-corrected chi connectivity index (χ1v) is 4.03. The highest BCUT2D eigenvalue weighted by molar-refractivity contribution is 4.25. The molecule has 0 atom stereocenters. The van der Waals surface area contributed by atoms with E-state index in [0.29, 0.717) is 6.90 Å². The van der Waals surface area contributed by atoms with Gasteiger partial charge in [0.25, 0.3) is 0 Å². The molecule has 0 bridgehead atoms. The summed E-state index contributed by atoms with van der Waals surface area (Å²) >= 11 is 0. The van der Waals surface area contributed by atoms with E-state index in [-0.39, 0.29) is 0 Å². The van der Waals surface area contributed by atoms with Gasteiger partial charge in [-0.3, -0.25) is 0 Å². The minimum atomic E-state index is 0.500. The van der Waals surface area contributed by atoms with Crippen molar-refractivity contribution in [2.75, 3.05) is 34.4 Å². The van der Waals surface area contributed by atoms with Gasteiger partial charge in [0, 0.05) is 15.1 Å². The lowest BCUT2D eigenvalue weighted by atomic mass is 10.7. The standard InChI is InChI=1S/C4H11N.C3H8O.C2H6/c1-4-5(2)3;1-3-4-2;1-2/h4H2,1-3H3;3H2,1-2H3;1-2H3/i;;1D. The Labute approximate surface area is 73.9 Å². The summed E-state index contributed by atoms with van der Waals surface area (Å²) in [6.07, 6.45) is 0. The van der Waals surface area contributed by atoms with Gasteiger partial charge in [-0.15, -0.1) is 0 Å². The Kier molecular flexibility index (Phi) is 27.7. The first kappa shape index (κ1) is 13.5. The Hall–Kier alpha value is -0.0800. The quantitative estimate of drug-likeness (QED) is 0.620. The molecule has 72 valence electrons. The van der Waals surface area contributed by atoms with Crippen LogP contribution in [0.1, 0.15) is 29.0 Å². The lowest BCUT2D eigenvalue weighted by Gasteiger charge is -2.00. The molecule has 0 amide bonds. The van der Waals surface area contributed by atoms with E-state index in [2.05, 4.69) is 30.7 Å². The molecule has 0 N–H and O–H groups in total. The second kappa shape index (κ2) is 22.5. The van der Waals surface area contributed by atoms with Crippen LogP contribution in [0.5, 0.6) is 0 Å². The highest BCUT2D eigenvalue weighted by Crippen LogP contribution is 1.63. The van der Waals surface area contributed by atoms with Crippen LogP contribution in [-0.4, -0.2) is 39.3 Å². The van der Waals surface area contributed by atoms with Crippen molar-refractivity contribution >= 4 is 0 Å². The molecule has 0 aliphatic heterocycles. The first-order valence-electron chi connectivity index (χ1n) is 4.74. The second-order valence-electron chi connectivity index (χ2n) is 1.97. The van der Waals surface area contributed by atoms with Gasteiger partial charge >= 0.3 is 0 Å². The Balaban J connectivity index is -0.000000105. The smallest absolute Gasteiger partial charge is 0.0433 e. The summed E-state index contributed by atoms with van der Waals surface area (Å²) in [5.41, 5.74) is 0. The first-order chi connectivity index (χ1) is 5.60. The minimum absolute atomic E-state index is 0.500. The van der Waals surface area contributed by atoms with Gasteiger partial charge in [0.1, 0.15) is 0 Å². The molecule has 0 aromatic heterocycles. The van der Waals surface area contributed by atoms with Crippen molar-refractivity contribution in [1.82, 2.24) is 4.90 Å². The van der Waals surface area contributed by atoms with Gasteiger partial charge in [0.2, 0.25) is 0 Å². The normalized spacial score (nSPS) is 8.82. The number of ether oxygens (including phenoxy) is 1. The number of hydrogen-bond acceptors (Lipinski definition) is 2. The van der Waals surface area contributed by atoms with Crippen LogP contribution in [0.25, 0.3) is 0 Å². The number of nitrogens with zero attached hydrogens (tertiary/aromatic N) is 1. The summed E-state index contributed by atoms with van der Waals surface area (Å²) in [6, 6.07) is 0. The predicted octanol–water partition coefficient (Wildman–Crippen LogP) is 2.25. The maximum atomic E-state index is 6.21. The summed E-state index contributed by atoms with van der Waals surface area (Å²) < 4.78 is 10.8. The predicted molar refractivity (Wildman–Crippen MR) is 53.1 cm³/mol. The highest BCUT2D eigenvalue weighted by atomic mass is 16.5. The van der Waals surface area contributed by atoms with Gasteiger partial charge in [-0.1, -0.05) is 20.7 Å². The Morgan fingerprint density at radius 2 is 1.55 bits per heavy atom. The van der Waals surface area contributed by atoms with Gasteiger partial charge in [0.05, 0.1) is 0 Å². The van der Waals surface area contributed by atoms with E-state index in [9.17, 15) is 0 Å². The molecule has 0 fully saturated rings. The van der Waals surface area contributed by atoms with Crippen molar-refractivity contribution < 1.29 is 6.11 Å². The van der Waals surface area contributed by atoms with Crippen LogP contribution in [0.3, 0.4) is 0 Å². The second-order valence-corrected chi connectivity index (χ2v) is 1.97. The molecule has 0 saturated carbocycles. The third-order valence-corrected chi connectivity index (χ3v) is 0.921. The highest BCUT2D eigenvalue weighted by Gasteiger charge is 1.72. The third kappa shape index (κ3) is 73.0. The largest absolute Gasteiger partial charge is 0.385 e. The van der Waals surface area contributed by atoms with Crippen LogP contribution in [0.4, 0.5) is 0 Å². The van der Waals surface area contributed by atoms with Crippen LogP contribution < -0.4 is 0 Å². The zero-order valence-corrected chi connectivity index (χ0v) is 8.98. The van der Waals surface area contributed by atoms with Crippen LogP contribution in [0.2, 0.25) is 0 Å². The molecule has 0 radical (unpaired) electrons. The lowest BCUT2D eigenvalue weighted by Crippen LogP contribution is -2.08. The maximum absolute atomic E-state index is 6.21. The zero-order valence-electron chi connectivity index (χ0n) is 9.98. The summed E-state index contributed by atoms with van der Waals surface area (Å²) in [5.74, 6) is 0. The molecule has 0 saturated heterocycles. The molecular weight excluding hydrogens is 138 g/mol. The monoisotopic (exact) mass is 164 g/mol. The molecule has 0 aliphatic rings. The molecule has 0 aliphatic carbocycles. The van der Waals surface area contributed by atoms with Crippen molar-refractivity contribution in [1.29, 1.82) is 0 Å². The van der Waals surface area contributed by atoms with E-state index < -0.39 is 0 Å². The van der Waals surface area contributed by atoms with Gasteiger partial charge in [-0.2, -0.15) is 0 Å². The van der Waals surface area contributed by atoms with E-state index in [0.717, 1.165) is 13.2 Å². The average Bonchev–Trinajstić information content (AvgIpc) is 2.06. The van der Waals surface area contributed by atoms with E-state index in [1.54, 1.807) is 14.0 Å². The van der Waals surface area contributed by atoms with Crippen molar-refractivity contribution in [2.45, 2.75) is 27.7 Å². The molecule has 2 heteroatoms. The van der Waals surface area contributed by atoms with Crippen LogP contribution in [0.15, 0.2) is 0 Å². The van der Waals surface area contributed by atoms with Crippen molar-refractivity contribution in [3.8, 4) is 0 Å². The Morgan fingerprint density at radius 3 is 1.55 bits per heavy atom. The molecule has 0 unspecified atom stereocenters. The molecule has 0 aromatic rings. The molecule has 0 heterocycles. The zero-order chi connectivity index (χ0) is 10.4. The fourth-order valence-corrected chi connectivity index (χ4v) is 0. The van der Waals surface area contributed by atoms with Gasteiger partial charge in [-0.25, -0.2) is 0 Å². The molecule has 2 nitrogen and oxygen atoms in total. The van der Waals surface area contributed by atoms with Gasteiger partial charge in [0.15, 0.2) is 0 Å². The summed E-state index contributed by atoms with van der Waals surface area (Å²) in [7, 11) is 5.79. The average molecular weight is 164 g/mol. The van der Waals surface area contributed by atoms with Gasteiger partial charge < -0.3 is 9.64 Å². The number of rotatable bonds is 2. The van der Waals surface area contributed by atoms with E-state index in [4.69, 9.17) is 1.37 Å². The van der Waals surface area contributed by atoms with Crippen LogP contribution >= 0.6 is 0 Å². The summed E-state index contributed by atoms with van der Waals surface area (Å²) in [6.45, 7) is 8.33. The SMILES string of the molecule is CCN(C)C.CCOC.[2H]CC. The van der Waals surface area contributed by atoms with Crippen LogP contribution in [0, 0.1) is 0 Å². The molecule has 0 rings (SSSR count). The Bertz CT molecular complexity index is 49.8. The molecule has 0 spiro atoms. The molecule has 0 aromatic carbocycles. The fourth-order valence-electron chi connectivity index (χ4n) is 0. The Morgan fingerprint density at radius 1 is 1.36 bits per heavy atom. The third-order valence-electron chi connectivity index (χ3n) is 0.921. The maximum Gasteiger partial charge on any atom is 0.0433 e. The minimum Gasteiger partial charge on any atom is -0.385 e. The van der Waals surface area contributed by atoms with E-state index in [1.807, 2.05) is 6.92 Å². The molecule has 11 heavy (non-hydrogen) atoms. The number of hydrogen-bond donors (Lipinski definition) is 0. The van der Waals surface area contributed by atoms with E-state index in [1.165, 1.54) is 0 Å². The summed E-state index contributed by atoms with van der Waals surface area (Å²) in [5, 5.41) is 0. The van der Waals surface area contributed by atoms with Crippen molar-refractivity contribution in [3.63, 3.8) is 0 Å². The van der Waals surface area contributed by atoms with Crippen LogP contribution in [-0.2, 0) is 4.74 Å².